The molecule has 11 heteroatoms. The Morgan fingerprint density at radius 1 is 1.15 bits per heavy atom. The van der Waals surface area contributed by atoms with Crippen LogP contribution in [0, 0.1) is 6.92 Å². The number of sulfonamides is 1. The van der Waals surface area contributed by atoms with Gasteiger partial charge in [-0.1, -0.05) is 6.42 Å². The summed E-state index contributed by atoms with van der Waals surface area (Å²) in [5, 5.41) is 10.5. The van der Waals surface area contributed by atoms with Crippen molar-refractivity contribution in [2.75, 3.05) is 29.6 Å². The second-order valence-electron chi connectivity index (χ2n) is 9.75. The minimum Gasteiger partial charge on any atom is -0.372 e. The summed E-state index contributed by atoms with van der Waals surface area (Å²) in [6, 6.07) is 4.16. The van der Waals surface area contributed by atoms with Crippen molar-refractivity contribution in [1.29, 1.82) is 0 Å². The molecule has 2 bridgehead atoms. The Kier molecular flexibility index (Phi) is 6.51. The number of hydrogen-bond donors (Lipinski definition) is 2. The first-order chi connectivity index (χ1) is 16.3. The monoisotopic (exact) mass is 489 g/mol. The fourth-order valence-corrected chi connectivity index (χ4v) is 7.25. The molecule has 0 amide bonds. The summed E-state index contributed by atoms with van der Waals surface area (Å²) in [5.41, 5.74) is 1.84. The van der Waals surface area contributed by atoms with E-state index in [4.69, 9.17) is 14.7 Å². The first-order valence-electron chi connectivity index (χ1n) is 12.4. The average Bonchev–Trinajstić information content (AvgIpc) is 3.49. The van der Waals surface area contributed by atoms with Gasteiger partial charge in [-0.2, -0.15) is 14.4 Å². The maximum Gasteiger partial charge on any atom is 0.227 e. The number of aromatic amines is 1. The molecule has 5 rings (SSSR count). The molecule has 34 heavy (non-hydrogen) atoms. The molecule has 3 aliphatic rings. The van der Waals surface area contributed by atoms with Gasteiger partial charge in [0.1, 0.15) is 5.82 Å². The van der Waals surface area contributed by atoms with Crippen LogP contribution < -0.4 is 10.2 Å². The van der Waals surface area contributed by atoms with Gasteiger partial charge in [-0.15, -0.1) is 0 Å². The standard InChI is InChI=1S/C23H35N7O3S/c1-4-34(31,32)30-16-7-5-8-17(30)13-18(12-16)29(3)23-24-19(20-9-6-10-33-20)14-21(26-23)25-22-11-15(2)27-28-22/h11,14,16-18,20H,4-10,12-13H2,1-3H3,(H2,24,25,26,27,28)/t16-,17+,18-,20?. The third-order valence-corrected chi connectivity index (χ3v) is 9.36. The average molecular weight is 490 g/mol. The van der Waals surface area contributed by atoms with Crippen molar-refractivity contribution < 1.29 is 13.2 Å². The number of aryl methyl sites for hydroxylation is 1. The normalized spacial score (nSPS) is 27.6. The van der Waals surface area contributed by atoms with Gasteiger partial charge >= 0.3 is 0 Å². The number of rotatable bonds is 7. The predicted molar refractivity (Wildman–Crippen MR) is 131 cm³/mol. The molecular weight excluding hydrogens is 454 g/mol. The summed E-state index contributed by atoms with van der Waals surface area (Å²) >= 11 is 0. The lowest BCUT2D eigenvalue weighted by Gasteiger charge is -2.49. The van der Waals surface area contributed by atoms with Gasteiger partial charge in [0.2, 0.25) is 16.0 Å². The lowest BCUT2D eigenvalue weighted by Crippen LogP contribution is -2.58. The summed E-state index contributed by atoms with van der Waals surface area (Å²) in [6.07, 6.45) is 6.44. The molecule has 0 radical (unpaired) electrons. The van der Waals surface area contributed by atoms with Crippen LogP contribution in [0.3, 0.4) is 0 Å². The van der Waals surface area contributed by atoms with Crippen LogP contribution in [-0.4, -0.2) is 70.4 Å². The Morgan fingerprint density at radius 3 is 2.53 bits per heavy atom. The van der Waals surface area contributed by atoms with Crippen LogP contribution in [0.15, 0.2) is 12.1 Å². The molecular formula is C23H35N7O3S. The van der Waals surface area contributed by atoms with E-state index in [0.717, 1.165) is 62.9 Å². The number of nitrogens with zero attached hydrogens (tertiary/aromatic N) is 5. The van der Waals surface area contributed by atoms with Gasteiger partial charge in [0.05, 0.1) is 17.6 Å². The number of piperidine rings is 2. The molecule has 2 aromatic rings. The van der Waals surface area contributed by atoms with Crippen molar-refractivity contribution in [2.24, 2.45) is 0 Å². The van der Waals surface area contributed by atoms with Crippen LogP contribution in [0.5, 0.6) is 0 Å². The van der Waals surface area contributed by atoms with Crippen LogP contribution in [-0.2, 0) is 14.8 Å². The number of anilines is 3. The number of nitrogens with one attached hydrogen (secondary N) is 2. The number of H-pyrrole nitrogens is 1. The summed E-state index contributed by atoms with van der Waals surface area (Å²) in [6.45, 7) is 4.44. The fraction of sp³-hybridized carbons (Fsp3) is 0.696. The molecule has 10 nitrogen and oxygen atoms in total. The summed E-state index contributed by atoms with van der Waals surface area (Å²) < 4.78 is 33.3. The van der Waals surface area contributed by atoms with Crippen molar-refractivity contribution in [3.8, 4) is 0 Å². The van der Waals surface area contributed by atoms with E-state index in [1.54, 1.807) is 6.92 Å². The molecule has 186 valence electrons. The zero-order valence-corrected chi connectivity index (χ0v) is 21.0. The minimum absolute atomic E-state index is 0.0347. The van der Waals surface area contributed by atoms with Gasteiger partial charge in [-0.05, 0) is 52.4 Å². The fourth-order valence-electron chi connectivity index (χ4n) is 5.66. The second kappa shape index (κ2) is 9.43. The maximum absolute atomic E-state index is 12.8. The Morgan fingerprint density at radius 2 is 1.91 bits per heavy atom. The van der Waals surface area contributed by atoms with E-state index in [2.05, 4.69) is 20.4 Å². The molecule has 5 heterocycles. The van der Waals surface area contributed by atoms with E-state index in [-0.39, 0.29) is 30.0 Å². The highest BCUT2D eigenvalue weighted by atomic mass is 32.2. The molecule has 0 aromatic carbocycles. The highest BCUT2D eigenvalue weighted by Gasteiger charge is 2.45. The highest BCUT2D eigenvalue weighted by molar-refractivity contribution is 7.89. The van der Waals surface area contributed by atoms with Crippen LogP contribution in [0.4, 0.5) is 17.6 Å². The molecule has 3 aliphatic heterocycles. The minimum atomic E-state index is -3.20. The van der Waals surface area contributed by atoms with E-state index in [9.17, 15) is 8.42 Å². The summed E-state index contributed by atoms with van der Waals surface area (Å²) in [4.78, 5) is 11.9. The first-order valence-corrected chi connectivity index (χ1v) is 14.0. The number of aromatic nitrogens is 4. The number of ether oxygens (including phenoxy) is 1. The van der Waals surface area contributed by atoms with E-state index in [1.165, 1.54) is 0 Å². The van der Waals surface area contributed by atoms with E-state index in [0.29, 0.717) is 17.6 Å². The zero-order chi connectivity index (χ0) is 23.9. The summed E-state index contributed by atoms with van der Waals surface area (Å²) in [7, 11) is -1.17. The molecule has 3 saturated heterocycles. The third kappa shape index (κ3) is 4.65. The van der Waals surface area contributed by atoms with Gasteiger partial charge in [-0.3, -0.25) is 5.10 Å². The van der Waals surface area contributed by atoms with E-state index in [1.807, 2.05) is 30.4 Å². The zero-order valence-electron chi connectivity index (χ0n) is 20.2. The van der Waals surface area contributed by atoms with Crippen LogP contribution in [0.1, 0.15) is 69.4 Å². The van der Waals surface area contributed by atoms with Crippen molar-refractivity contribution in [1.82, 2.24) is 24.5 Å². The molecule has 4 atom stereocenters. The Labute approximate surface area is 201 Å². The molecule has 2 aromatic heterocycles. The Bertz CT molecular complexity index is 1100. The lowest BCUT2D eigenvalue weighted by atomic mass is 9.83. The van der Waals surface area contributed by atoms with Crippen LogP contribution in [0.2, 0.25) is 0 Å². The molecule has 3 fully saturated rings. The van der Waals surface area contributed by atoms with E-state index >= 15 is 0 Å². The van der Waals surface area contributed by atoms with Gasteiger partial charge in [0, 0.05) is 49.6 Å². The lowest BCUT2D eigenvalue weighted by molar-refractivity contribution is 0.107. The number of hydrogen-bond acceptors (Lipinski definition) is 8. The van der Waals surface area contributed by atoms with Gasteiger partial charge < -0.3 is 15.0 Å². The second-order valence-corrected chi connectivity index (χ2v) is 11.9. The largest absolute Gasteiger partial charge is 0.372 e. The first kappa shape index (κ1) is 23.5. The Balaban J connectivity index is 1.42. The van der Waals surface area contributed by atoms with Gasteiger partial charge in [0.25, 0.3) is 0 Å². The Hall–Kier alpha value is -2.24. The molecule has 0 saturated carbocycles. The smallest absolute Gasteiger partial charge is 0.227 e. The van der Waals surface area contributed by atoms with Crippen LogP contribution in [0.25, 0.3) is 0 Å². The van der Waals surface area contributed by atoms with Crippen molar-refractivity contribution in [3.05, 3.63) is 23.5 Å². The molecule has 2 N–H and O–H groups in total. The maximum atomic E-state index is 12.8. The topological polar surface area (TPSA) is 116 Å². The van der Waals surface area contributed by atoms with Gasteiger partial charge in [0.15, 0.2) is 5.82 Å². The molecule has 0 aliphatic carbocycles. The van der Waals surface area contributed by atoms with Crippen molar-refractivity contribution in [3.63, 3.8) is 0 Å². The van der Waals surface area contributed by atoms with Crippen LogP contribution >= 0.6 is 0 Å². The third-order valence-electron chi connectivity index (χ3n) is 7.39. The highest BCUT2D eigenvalue weighted by Crippen LogP contribution is 2.39. The number of fused-ring (bicyclic) bond motifs is 2. The molecule has 0 spiro atoms. The predicted octanol–water partition coefficient (Wildman–Crippen LogP) is 3.27. The van der Waals surface area contributed by atoms with Crippen molar-refractivity contribution >= 4 is 27.6 Å². The van der Waals surface area contributed by atoms with Gasteiger partial charge in [-0.25, -0.2) is 13.4 Å². The van der Waals surface area contributed by atoms with Crippen molar-refractivity contribution in [2.45, 2.75) is 83.0 Å². The molecule has 1 unspecified atom stereocenters. The van der Waals surface area contributed by atoms with E-state index < -0.39 is 10.0 Å². The summed E-state index contributed by atoms with van der Waals surface area (Å²) in [5.74, 6) is 2.18. The SMILES string of the molecule is CCS(=O)(=O)N1[C@@H]2CCC[C@H]1C[C@H](N(C)c1nc(Nc3cc(C)[nH]n3)cc(C3CCCO3)n1)C2. The quantitative estimate of drug-likeness (QED) is 0.609.